The number of piperidine rings is 1. The van der Waals surface area contributed by atoms with E-state index in [1.165, 1.54) is 0 Å². The molecule has 0 bridgehead atoms. The zero-order valence-corrected chi connectivity index (χ0v) is 11.8. The fraction of sp³-hybridized carbons (Fsp3) is 0.538. The van der Waals surface area contributed by atoms with Gasteiger partial charge in [0.1, 0.15) is 5.75 Å². The van der Waals surface area contributed by atoms with E-state index in [4.69, 9.17) is 27.9 Å². The second kappa shape index (κ2) is 6.11. The van der Waals surface area contributed by atoms with Crippen LogP contribution in [0.5, 0.6) is 5.75 Å². The van der Waals surface area contributed by atoms with Crippen LogP contribution >= 0.6 is 23.2 Å². The Hall–Kier alpha value is -0.480. The Morgan fingerprint density at radius 3 is 2.89 bits per heavy atom. The normalized spacial score (nSPS) is 24.0. The highest BCUT2D eigenvalue weighted by Gasteiger charge is 2.27. The Morgan fingerprint density at radius 1 is 1.44 bits per heavy atom. The van der Waals surface area contributed by atoms with Crippen LogP contribution in [0.2, 0.25) is 10.0 Å². The molecule has 0 amide bonds. The van der Waals surface area contributed by atoms with Crippen molar-refractivity contribution in [2.24, 2.45) is 0 Å². The highest BCUT2D eigenvalue weighted by atomic mass is 35.5. The van der Waals surface area contributed by atoms with Gasteiger partial charge in [-0.25, -0.2) is 0 Å². The first-order valence-corrected chi connectivity index (χ1v) is 6.79. The van der Waals surface area contributed by atoms with Gasteiger partial charge in [0.15, 0.2) is 0 Å². The highest BCUT2D eigenvalue weighted by molar-refractivity contribution is 6.42. The lowest BCUT2D eigenvalue weighted by molar-refractivity contribution is 0.209. The predicted octanol–water partition coefficient (Wildman–Crippen LogP) is 2.83. The molecule has 100 valence electrons. The molecule has 1 aromatic carbocycles. The number of methoxy groups -OCH3 is 1. The number of hydrogen-bond donors (Lipinski definition) is 2. The minimum Gasteiger partial charge on any atom is -0.496 e. The van der Waals surface area contributed by atoms with Gasteiger partial charge in [0.25, 0.3) is 0 Å². The molecule has 1 fully saturated rings. The van der Waals surface area contributed by atoms with Gasteiger partial charge in [0.05, 0.1) is 23.8 Å². The monoisotopic (exact) mass is 289 g/mol. The number of nitrogens with one attached hydrogen (secondary N) is 1. The summed E-state index contributed by atoms with van der Waals surface area (Å²) in [6, 6.07) is 3.71. The van der Waals surface area contributed by atoms with Crippen molar-refractivity contribution in [2.45, 2.75) is 24.8 Å². The fourth-order valence-electron chi connectivity index (χ4n) is 2.51. The van der Waals surface area contributed by atoms with Crippen molar-refractivity contribution in [2.75, 3.05) is 20.3 Å². The molecule has 0 spiro atoms. The predicted molar refractivity (Wildman–Crippen MR) is 73.9 cm³/mol. The third-order valence-electron chi connectivity index (χ3n) is 3.44. The molecule has 18 heavy (non-hydrogen) atoms. The Balaban J connectivity index is 2.34. The SMILES string of the molecule is COc1ccc(Cl)c(Cl)c1C1CCNC(CO)C1. The van der Waals surface area contributed by atoms with Crippen molar-refractivity contribution in [1.29, 1.82) is 0 Å². The van der Waals surface area contributed by atoms with E-state index < -0.39 is 0 Å². The first-order chi connectivity index (χ1) is 8.67. The molecular formula is C13H17Cl2NO2. The molecule has 1 saturated heterocycles. The lowest BCUT2D eigenvalue weighted by Gasteiger charge is -2.31. The Bertz CT molecular complexity index is 426. The molecule has 0 aromatic heterocycles. The summed E-state index contributed by atoms with van der Waals surface area (Å²) in [6.45, 7) is 0.999. The molecular weight excluding hydrogens is 273 g/mol. The van der Waals surface area contributed by atoms with Crippen LogP contribution in [-0.2, 0) is 0 Å². The second-order valence-corrected chi connectivity index (χ2v) is 5.32. The average molecular weight is 290 g/mol. The number of ether oxygens (including phenoxy) is 1. The molecule has 2 atom stereocenters. The van der Waals surface area contributed by atoms with Crippen molar-refractivity contribution >= 4 is 23.2 Å². The van der Waals surface area contributed by atoms with E-state index in [0.29, 0.717) is 10.0 Å². The summed E-state index contributed by atoms with van der Waals surface area (Å²) in [7, 11) is 1.63. The average Bonchev–Trinajstić information content (AvgIpc) is 2.41. The van der Waals surface area contributed by atoms with E-state index in [-0.39, 0.29) is 18.6 Å². The summed E-state index contributed by atoms with van der Waals surface area (Å²) in [5, 5.41) is 13.6. The van der Waals surface area contributed by atoms with Gasteiger partial charge in [0.2, 0.25) is 0 Å². The standard InChI is InChI=1S/C13H17Cl2NO2/c1-18-11-3-2-10(14)13(15)12(11)8-4-5-16-9(6-8)7-17/h2-3,8-9,16-17H,4-7H2,1H3. The minimum absolute atomic E-state index is 0.114. The lowest BCUT2D eigenvalue weighted by Crippen LogP contribution is -2.39. The van der Waals surface area contributed by atoms with Crippen LogP contribution in [0.4, 0.5) is 0 Å². The fourth-order valence-corrected chi connectivity index (χ4v) is 2.99. The minimum atomic E-state index is 0.114. The maximum absolute atomic E-state index is 9.25. The third-order valence-corrected chi connectivity index (χ3v) is 4.25. The molecule has 2 N–H and O–H groups in total. The zero-order chi connectivity index (χ0) is 13.1. The molecule has 0 aliphatic carbocycles. The van der Waals surface area contributed by atoms with Crippen molar-refractivity contribution in [3.05, 3.63) is 27.7 Å². The number of rotatable bonds is 3. The number of halogens is 2. The summed E-state index contributed by atoms with van der Waals surface area (Å²) in [5.41, 5.74) is 0.964. The van der Waals surface area contributed by atoms with Crippen molar-refractivity contribution < 1.29 is 9.84 Å². The van der Waals surface area contributed by atoms with Gasteiger partial charge in [-0.1, -0.05) is 23.2 Å². The Kier molecular flexibility index (Phi) is 4.73. The highest BCUT2D eigenvalue weighted by Crippen LogP contribution is 2.42. The summed E-state index contributed by atoms with van der Waals surface area (Å²) in [4.78, 5) is 0. The van der Waals surface area contributed by atoms with E-state index >= 15 is 0 Å². The number of hydrogen-bond acceptors (Lipinski definition) is 3. The van der Waals surface area contributed by atoms with Gasteiger partial charge in [-0.3, -0.25) is 0 Å². The van der Waals surface area contributed by atoms with Gasteiger partial charge >= 0.3 is 0 Å². The quantitative estimate of drug-likeness (QED) is 0.899. The molecule has 5 heteroatoms. The second-order valence-electron chi connectivity index (χ2n) is 4.53. The first-order valence-electron chi connectivity index (χ1n) is 6.03. The third kappa shape index (κ3) is 2.75. The van der Waals surface area contributed by atoms with Crippen LogP contribution in [0.3, 0.4) is 0 Å². The molecule has 0 saturated carbocycles. The molecule has 1 heterocycles. The molecule has 0 radical (unpaired) electrons. The number of aliphatic hydroxyl groups excluding tert-OH is 1. The summed E-state index contributed by atoms with van der Waals surface area (Å²) >= 11 is 12.4. The maximum Gasteiger partial charge on any atom is 0.123 e. The van der Waals surface area contributed by atoms with Crippen molar-refractivity contribution in [3.8, 4) is 5.75 Å². The topological polar surface area (TPSA) is 41.5 Å². The number of aliphatic hydroxyl groups is 1. The Labute approximate surface area is 117 Å². The van der Waals surface area contributed by atoms with Crippen LogP contribution in [0, 0.1) is 0 Å². The maximum atomic E-state index is 9.25. The van der Waals surface area contributed by atoms with Crippen molar-refractivity contribution in [1.82, 2.24) is 5.32 Å². The molecule has 2 unspecified atom stereocenters. The number of benzene rings is 1. The largest absolute Gasteiger partial charge is 0.496 e. The molecule has 1 aliphatic rings. The van der Waals surface area contributed by atoms with E-state index in [9.17, 15) is 5.11 Å². The molecule has 1 aliphatic heterocycles. The van der Waals surface area contributed by atoms with Gasteiger partial charge in [-0.2, -0.15) is 0 Å². The lowest BCUT2D eigenvalue weighted by atomic mass is 9.86. The van der Waals surface area contributed by atoms with Crippen LogP contribution < -0.4 is 10.1 Å². The van der Waals surface area contributed by atoms with Gasteiger partial charge in [0, 0.05) is 11.6 Å². The summed E-state index contributed by atoms with van der Waals surface area (Å²) in [5.74, 6) is 1.04. The first kappa shape index (κ1) is 13.9. The molecule has 3 nitrogen and oxygen atoms in total. The van der Waals surface area contributed by atoms with Crippen LogP contribution in [0.15, 0.2) is 12.1 Å². The van der Waals surface area contributed by atoms with E-state index in [1.807, 2.05) is 6.07 Å². The summed E-state index contributed by atoms with van der Waals surface area (Å²) in [6.07, 6.45) is 1.81. The van der Waals surface area contributed by atoms with Crippen LogP contribution in [0.1, 0.15) is 24.3 Å². The van der Waals surface area contributed by atoms with E-state index in [0.717, 1.165) is 30.7 Å². The van der Waals surface area contributed by atoms with Crippen LogP contribution in [0.25, 0.3) is 0 Å². The Morgan fingerprint density at radius 2 is 2.22 bits per heavy atom. The van der Waals surface area contributed by atoms with Gasteiger partial charge < -0.3 is 15.2 Å². The van der Waals surface area contributed by atoms with Crippen LogP contribution in [-0.4, -0.2) is 31.4 Å². The van der Waals surface area contributed by atoms with Gasteiger partial charge in [-0.15, -0.1) is 0 Å². The summed E-state index contributed by atoms with van der Waals surface area (Å²) < 4.78 is 5.38. The van der Waals surface area contributed by atoms with E-state index in [1.54, 1.807) is 13.2 Å². The van der Waals surface area contributed by atoms with Crippen molar-refractivity contribution in [3.63, 3.8) is 0 Å². The van der Waals surface area contributed by atoms with E-state index in [2.05, 4.69) is 5.32 Å². The van der Waals surface area contributed by atoms with Gasteiger partial charge in [-0.05, 0) is 37.4 Å². The molecule has 2 rings (SSSR count). The zero-order valence-electron chi connectivity index (χ0n) is 10.2. The molecule has 1 aromatic rings. The smallest absolute Gasteiger partial charge is 0.123 e.